The van der Waals surface area contributed by atoms with Crippen molar-refractivity contribution in [1.29, 1.82) is 0 Å². The molecule has 0 radical (unpaired) electrons. The van der Waals surface area contributed by atoms with Crippen molar-refractivity contribution in [2.45, 2.75) is 6.92 Å². The van der Waals surface area contributed by atoms with Crippen LogP contribution in [-0.4, -0.2) is 16.8 Å². The first-order valence-corrected chi connectivity index (χ1v) is 9.00. The molecule has 2 aromatic carbocycles. The van der Waals surface area contributed by atoms with E-state index < -0.39 is 0 Å². The van der Waals surface area contributed by atoms with Gasteiger partial charge in [0.1, 0.15) is 12.4 Å². The summed E-state index contributed by atoms with van der Waals surface area (Å²) in [5, 5.41) is 0. The van der Waals surface area contributed by atoms with Gasteiger partial charge in [-0.2, -0.15) is 0 Å². The largest absolute Gasteiger partial charge is 0.490 e. The molecule has 0 N–H and O–H groups in total. The number of aryl methyl sites for hydroxylation is 1. The van der Waals surface area contributed by atoms with Crippen molar-refractivity contribution in [1.82, 2.24) is 0 Å². The Hall–Kier alpha value is -2.37. The lowest BCUT2D eigenvalue weighted by Gasteiger charge is -2.16. The van der Waals surface area contributed by atoms with Crippen molar-refractivity contribution < 1.29 is 9.53 Å². The van der Waals surface area contributed by atoms with E-state index in [4.69, 9.17) is 17.0 Å². The number of ether oxygens (including phenoxy) is 1. The number of thioether (sulfide) groups is 1. The molecule has 0 spiro atoms. The molecule has 1 heterocycles. The SMILES string of the molecule is C=CCOc1ccc(/C=C2\SC(=S)N(c3ccccc3C)C2=O)cc1. The molecule has 1 aliphatic rings. The molecule has 0 unspecified atom stereocenters. The normalized spacial score (nSPS) is 15.7. The van der Waals surface area contributed by atoms with Gasteiger partial charge in [0.25, 0.3) is 5.91 Å². The molecule has 0 aromatic heterocycles. The van der Waals surface area contributed by atoms with Crippen LogP contribution in [0.3, 0.4) is 0 Å². The summed E-state index contributed by atoms with van der Waals surface area (Å²) >= 11 is 6.74. The number of amides is 1. The number of hydrogen-bond acceptors (Lipinski definition) is 4. The quantitative estimate of drug-likeness (QED) is 0.424. The Balaban J connectivity index is 1.83. The average molecular weight is 367 g/mol. The van der Waals surface area contributed by atoms with E-state index in [9.17, 15) is 4.79 Å². The van der Waals surface area contributed by atoms with E-state index in [2.05, 4.69) is 6.58 Å². The fourth-order valence-corrected chi connectivity index (χ4v) is 3.74. The van der Waals surface area contributed by atoms with E-state index in [1.54, 1.807) is 11.0 Å². The molecular weight excluding hydrogens is 350 g/mol. The third-order valence-electron chi connectivity index (χ3n) is 3.70. The third kappa shape index (κ3) is 3.83. The minimum Gasteiger partial charge on any atom is -0.490 e. The number of carbonyl (C=O) groups is 1. The summed E-state index contributed by atoms with van der Waals surface area (Å²) in [7, 11) is 0. The van der Waals surface area contributed by atoms with Crippen LogP contribution < -0.4 is 9.64 Å². The van der Waals surface area contributed by atoms with Crippen LogP contribution in [0.15, 0.2) is 66.1 Å². The molecule has 0 atom stereocenters. The fraction of sp³-hybridized carbons (Fsp3) is 0.100. The van der Waals surface area contributed by atoms with Crippen molar-refractivity contribution in [3.05, 3.63) is 77.2 Å². The summed E-state index contributed by atoms with van der Waals surface area (Å²) in [5.41, 5.74) is 2.78. The highest BCUT2D eigenvalue weighted by Gasteiger charge is 2.33. The molecule has 3 rings (SSSR count). The second kappa shape index (κ2) is 7.68. The Morgan fingerprint density at radius 3 is 2.60 bits per heavy atom. The van der Waals surface area contributed by atoms with Gasteiger partial charge in [0.15, 0.2) is 4.32 Å². The highest BCUT2D eigenvalue weighted by molar-refractivity contribution is 8.27. The topological polar surface area (TPSA) is 29.5 Å². The number of para-hydroxylation sites is 1. The number of nitrogens with zero attached hydrogens (tertiary/aromatic N) is 1. The van der Waals surface area contributed by atoms with Crippen molar-refractivity contribution in [3.63, 3.8) is 0 Å². The lowest BCUT2D eigenvalue weighted by molar-refractivity contribution is -0.113. The summed E-state index contributed by atoms with van der Waals surface area (Å²) in [4.78, 5) is 15.0. The zero-order valence-corrected chi connectivity index (χ0v) is 15.4. The summed E-state index contributed by atoms with van der Waals surface area (Å²) in [6.45, 7) is 6.06. The van der Waals surface area contributed by atoms with Crippen LogP contribution in [0.25, 0.3) is 6.08 Å². The standard InChI is InChI=1S/C20H17NO2S2/c1-3-12-23-16-10-8-15(9-11-16)13-18-19(22)21(20(24)25-18)17-7-5-4-6-14(17)2/h3-11,13H,1,12H2,2H3/b18-13-. The van der Waals surface area contributed by atoms with Crippen molar-refractivity contribution >= 4 is 46.0 Å². The molecule has 1 aliphatic heterocycles. The number of anilines is 1. The van der Waals surface area contributed by atoms with Crippen molar-refractivity contribution in [2.75, 3.05) is 11.5 Å². The van der Waals surface area contributed by atoms with Gasteiger partial charge in [0, 0.05) is 0 Å². The molecule has 1 fully saturated rings. The maximum Gasteiger partial charge on any atom is 0.270 e. The summed E-state index contributed by atoms with van der Waals surface area (Å²) < 4.78 is 6.02. The van der Waals surface area contributed by atoms with Gasteiger partial charge in [-0.25, -0.2) is 0 Å². The Morgan fingerprint density at radius 1 is 1.20 bits per heavy atom. The average Bonchev–Trinajstić information content (AvgIpc) is 2.89. The molecule has 25 heavy (non-hydrogen) atoms. The van der Waals surface area contributed by atoms with Crippen LogP contribution in [0.4, 0.5) is 5.69 Å². The van der Waals surface area contributed by atoms with Gasteiger partial charge in [0.05, 0.1) is 10.6 Å². The first kappa shape index (κ1) is 17.5. The minimum absolute atomic E-state index is 0.0868. The van der Waals surface area contributed by atoms with E-state index in [-0.39, 0.29) is 5.91 Å². The second-order valence-corrected chi connectivity index (χ2v) is 7.15. The molecule has 2 aromatic rings. The first-order chi connectivity index (χ1) is 12.1. The van der Waals surface area contributed by atoms with E-state index in [0.29, 0.717) is 15.8 Å². The van der Waals surface area contributed by atoms with Gasteiger partial charge in [-0.1, -0.05) is 67.0 Å². The van der Waals surface area contributed by atoms with Crippen LogP contribution in [0.1, 0.15) is 11.1 Å². The molecular formula is C20H17NO2S2. The Labute approximate surface area is 157 Å². The molecule has 126 valence electrons. The number of benzene rings is 2. The highest BCUT2D eigenvalue weighted by atomic mass is 32.2. The molecule has 1 amide bonds. The number of hydrogen-bond donors (Lipinski definition) is 0. The van der Waals surface area contributed by atoms with Crippen LogP contribution >= 0.6 is 24.0 Å². The monoisotopic (exact) mass is 367 g/mol. The predicted octanol–water partition coefficient (Wildman–Crippen LogP) is 4.97. The van der Waals surface area contributed by atoms with E-state index in [0.717, 1.165) is 22.6 Å². The molecule has 5 heteroatoms. The van der Waals surface area contributed by atoms with Crippen molar-refractivity contribution in [2.24, 2.45) is 0 Å². The van der Waals surface area contributed by atoms with Crippen molar-refractivity contribution in [3.8, 4) is 5.75 Å². The van der Waals surface area contributed by atoms with Crippen LogP contribution in [0.5, 0.6) is 5.75 Å². The smallest absolute Gasteiger partial charge is 0.270 e. The van der Waals surface area contributed by atoms with Gasteiger partial charge in [0.2, 0.25) is 0 Å². The predicted molar refractivity (Wildman–Crippen MR) is 109 cm³/mol. The van der Waals surface area contributed by atoms with Gasteiger partial charge in [-0.3, -0.25) is 9.69 Å². The van der Waals surface area contributed by atoms with E-state index >= 15 is 0 Å². The molecule has 0 aliphatic carbocycles. The molecule has 0 saturated carbocycles. The van der Waals surface area contributed by atoms with E-state index in [1.165, 1.54) is 11.8 Å². The minimum atomic E-state index is -0.0868. The summed E-state index contributed by atoms with van der Waals surface area (Å²) in [5.74, 6) is 0.681. The van der Waals surface area contributed by atoms with Gasteiger partial charge in [-0.05, 0) is 42.3 Å². The van der Waals surface area contributed by atoms with Crippen LogP contribution in [0, 0.1) is 6.92 Å². The highest BCUT2D eigenvalue weighted by Crippen LogP contribution is 2.37. The fourth-order valence-electron chi connectivity index (χ4n) is 2.46. The maximum absolute atomic E-state index is 12.8. The Kier molecular flexibility index (Phi) is 5.36. The molecule has 0 bridgehead atoms. The zero-order valence-electron chi connectivity index (χ0n) is 13.8. The van der Waals surface area contributed by atoms with Gasteiger partial charge >= 0.3 is 0 Å². The zero-order chi connectivity index (χ0) is 17.8. The molecule has 1 saturated heterocycles. The van der Waals surface area contributed by atoms with Crippen LogP contribution in [-0.2, 0) is 4.79 Å². The lowest BCUT2D eigenvalue weighted by Crippen LogP contribution is -2.28. The summed E-state index contributed by atoms with van der Waals surface area (Å²) in [6, 6.07) is 15.3. The van der Waals surface area contributed by atoms with Gasteiger partial charge in [-0.15, -0.1) is 0 Å². The lowest BCUT2D eigenvalue weighted by atomic mass is 10.1. The second-order valence-electron chi connectivity index (χ2n) is 5.47. The van der Waals surface area contributed by atoms with Crippen LogP contribution in [0.2, 0.25) is 0 Å². The first-order valence-electron chi connectivity index (χ1n) is 7.77. The Bertz CT molecular complexity index is 856. The maximum atomic E-state index is 12.8. The van der Waals surface area contributed by atoms with Gasteiger partial charge < -0.3 is 4.74 Å². The summed E-state index contributed by atoms with van der Waals surface area (Å²) in [6.07, 6.45) is 3.56. The number of rotatable bonds is 5. The number of carbonyl (C=O) groups excluding carboxylic acids is 1. The van der Waals surface area contributed by atoms with E-state index in [1.807, 2.05) is 61.5 Å². The Morgan fingerprint density at radius 2 is 1.92 bits per heavy atom. The molecule has 3 nitrogen and oxygen atoms in total. The third-order valence-corrected chi connectivity index (χ3v) is 5.00. The number of thiocarbonyl (C=S) groups is 1.